The second-order valence-corrected chi connectivity index (χ2v) is 10.2. The summed E-state index contributed by atoms with van der Waals surface area (Å²) in [6.45, 7) is 0.780. The fourth-order valence-corrected chi connectivity index (χ4v) is 4.74. The van der Waals surface area contributed by atoms with Crippen molar-refractivity contribution in [3.05, 3.63) is 131 Å². The van der Waals surface area contributed by atoms with Crippen LogP contribution in [-0.2, 0) is 27.2 Å². The number of para-hydroxylation sites is 1. The van der Waals surface area contributed by atoms with Crippen LogP contribution in [0.5, 0.6) is 5.75 Å². The topological polar surface area (TPSA) is 93.7 Å². The molecule has 7 nitrogen and oxygen atoms in total. The summed E-state index contributed by atoms with van der Waals surface area (Å²) in [7, 11) is 1.35. The summed E-state index contributed by atoms with van der Waals surface area (Å²) in [4.78, 5) is 38.0. The quantitative estimate of drug-likeness (QED) is 0.0959. The van der Waals surface area contributed by atoms with Crippen LogP contribution in [-0.4, -0.2) is 44.0 Å². The molecule has 0 aliphatic carbocycles. The number of aryl methyl sites for hydroxylation is 1. The van der Waals surface area contributed by atoms with E-state index >= 15 is 0 Å². The largest absolute Gasteiger partial charge is 0.492 e. The van der Waals surface area contributed by atoms with Crippen LogP contribution in [0.15, 0.2) is 109 Å². The third-order valence-corrected chi connectivity index (χ3v) is 7.04. The molecular weight excluding hydrogens is 540 g/mol. The molecule has 0 heterocycles. The maximum Gasteiger partial charge on any atom is 0.328 e. The minimum absolute atomic E-state index is 0.0282. The van der Waals surface area contributed by atoms with E-state index in [1.807, 2.05) is 66.7 Å². The molecule has 0 radical (unpaired) electrons. The number of rotatable bonds is 16. The average Bonchev–Trinajstić information content (AvgIpc) is 3.06. The van der Waals surface area contributed by atoms with Crippen molar-refractivity contribution in [3.63, 3.8) is 0 Å². The molecule has 0 saturated carbocycles. The van der Waals surface area contributed by atoms with Crippen LogP contribution in [0.2, 0.25) is 0 Å². The monoisotopic (exact) mass is 578 g/mol. The van der Waals surface area contributed by atoms with E-state index in [0.717, 1.165) is 24.8 Å². The highest BCUT2D eigenvalue weighted by atomic mass is 16.5. The summed E-state index contributed by atoms with van der Waals surface area (Å²) in [5.41, 5.74) is 3.79. The summed E-state index contributed by atoms with van der Waals surface area (Å²) in [6.07, 6.45) is 3.65. The molecule has 0 spiro atoms. The molecule has 0 saturated heterocycles. The maximum atomic E-state index is 13.1. The van der Waals surface area contributed by atoms with Gasteiger partial charge in [-0.05, 0) is 54.7 Å². The van der Waals surface area contributed by atoms with Crippen molar-refractivity contribution in [1.29, 1.82) is 0 Å². The van der Waals surface area contributed by atoms with Gasteiger partial charge in [-0.2, -0.15) is 0 Å². The lowest BCUT2D eigenvalue weighted by atomic mass is 10.00. The highest BCUT2D eigenvalue weighted by Crippen LogP contribution is 2.22. The highest BCUT2D eigenvalue weighted by molar-refractivity contribution is 6.12. The van der Waals surface area contributed by atoms with E-state index in [2.05, 4.69) is 22.8 Å². The Bertz CT molecular complexity index is 1460. The standard InChI is InChI=1S/C36H38N2O5/c1-42-36(41)33(38-32-18-10-9-17-31(32)35(40)29-15-6-3-7-16-29)26-28-20-22-30(23-21-28)43-25-24-37-34(39)19-11-8-14-27-12-4-2-5-13-27/h2-7,9-10,12-13,15-18,20-23,33,38H,8,11,14,19,24-26H2,1H3,(H,37,39)/t33-/m0/s1. The molecule has 1 atom stereocenters. The predicted molar refractivity (Wildman–Crippen MR) is 168 cm³/mol. The van der Waals surface area contributed by atoms with Crippen LogP contribution >= 0.6 is 0 Å². The Morgan fingerprint density at radius 3 is 2.14 bits per heavy atom. The van der Waals surface area contributed by atoms with Crippen molar-refractivity contribution in [1.82, 2.24) is 5.32 Å². The Hall–Kier alpha value is -4.91. The van der Waals surface area contributed by atoms with E-state index in [0.29, 0.717) is 48.6 Å². The zero-order valence-corrected chi connectivity index (χ0v) is 24.5. The van der Waals surface area contributed by atoms with Crippen molar-refractivity contribution in [2.75, 3.05) is 25.6 Å². The van der Waals surface area contributed by atoms with Gasteiger partial charge in [0.2, 0.25) is 5.91 Å². The summed E-state index contributed by atoms with van der Waals surface area (Å²) < 4.78 is 10.8. The van der Waals surface area contributed by atoms with E-state index in [4.69, 9.17) is 9.47 Å². The summed E-state index contributed by atoms with van der Waals surface area (Å²) >= 11 is 0. The zero-order chi connectivity index (χ0) is 30.3. The van der Waals surface area contributed by atoms with Gasteiger partial charge in [-0.15, -0.1) is 0 Å². The van der Waals surface area contributed by atoms with Crippen molar-refractivity contribution in [2.24, 2.45) is 0 Å². The normalized spacial score (nSPS) is 11.3. The third kappa shape index (κ3) is 9.85. The number of anilines is 1. The molecule has 43 heavy (non-hydrogen) atoms. The second kappa shape index (κ2) is 16.5. The van der Waals surface area contributed by atoms with E-state index in [-0.39, 0.29) is 11.7 Å². The molecule has 0 aromatic heterocycles. The van der Waals surface area contributed by atoms with Crippen molar-refractivity contribution in [2.45, 2.75) is 38.1 Å². The molecule has 222 valence electrons. The Labute approximate surface area is 253 Å². The maximum absolute atomic E-state index is 13.1. The van der Waals surface area contributed by atoms with Crippen molar-refractivity contribution >= 4 is 23.3 Å². The van der Waals surface area contributed by atoms with Crippen molar-refractivity contribution < 1.29 is 23.9 Å². The zero-order valence-electron chi connectivity index (χ0n) is 24.5. The number of hydrogen-bond donors (Lipinski definition) is 2. The molecule has 0 unspecified atom stereocenters. The van der Waals surface area contributed by atoms with Gasteiger partial charge in [0, 0.05) is 29.7 Å². The van der Waals surface area contributed by atoms with Gasteiger partial charge in [-0.25, -0.2) is 4.79 Å². The smallest absolute Gasteiger partial charge is 0.328 e. The minimum atomic E-state index is -0.704. The van der Waals surface area contributed by atoms with E-state index < -0.39 is 12.0 Å². The molecule has 0 aliphatic rings. The van der Waals surface area contributed by atoms with E-state index in [1.54, 1.807) is 30.3 Å². The highest BCUT2D eigenvalue weighted by Gasteiger charge is 2.22. The molecule has 0 bridgehead atoms. The molecule has 4 aromatic carbocycles. The van der Waals surface area contributed by atoms with Crippen LogP contribution in [0.1, 0.15) is 46.3 Å². The first-order valence-corrected chi connectivity index (χ1v) is 14.6. The first kappa shape index (κ1) is 31.0. The van der Waals surface area contributed by atoms with E-state index in [1.165, 1.54) is 12.7 Å². The lowest BCUT2D eigenvalue weighted by Gasteiger charge is -2.20. The summed E-state index contributed by atoms with van der Waals surface area (Å²) in [5, 5.41) is 6.13. The lowest BCUT2D eigenvalue weighted by molar-refractivity contribution is -0.141. The van der Waals surface area contributed by atoms with Crippen LogP contribution in [0, 0.1) is 0 Å². The number of ketones is 1. The van der Waals surface area contributed by atoms with E-state index in [9.17, 15) is 14.4 Å². The fourth-order valence-electron chi connectivity index (χ4n) is 4.74. The number of nitrogens with one attached hydrogen (secondary N) is 2. The fraction of sp³-hybridized carbons (Fsp3) is 0.250. The molecule has 0 fully saturated rings. The number of carbonyl (C=O) groups is 3. The number of carbonyl (C=O) groups excluding carboxylic acids is 3. The Kier molecular flexibility index (Phi) is 11.9. The molecule has 1 amide bonds. The van der Waals surface area contributed by atoms with Gasteiger partial charge in [0.05, 0.1) is 13.7 Å². The number of unbranched alkanes of at least 4 members (excludes halogenated alkanes) is 1. The predicted octanol–water partition coefficient (Wildman–Crippen LogP) is 6.02. The number of esters is 1. The molecular formula is C36H38N2O5. The van der Waals surface area contributed by atoms with Crippen LogP contribution in [0.25, 0.3) is 0 Å². The molecule has 4 rings (SSSR count). The van der Waals surface area contributed by atoms with Gasteiger partial charge in [0.25, 0.3) is 0 Å². The Morgan fingerprint density at radius 2 is 1.42 bits per heavy atom. The van der Waals surface area contributed by atoms with Gasteiger partial charge >= 0.3 is 5.97 Å². The summed E-state index contributed by atoms with van der Waals surface area (Å²) in [6, 6.07) is 33.2. The number of amides is 1. The number of hydrogen-bond acceptors (Lipinski definition) is 6. The van der Waals surface area contributed by atoms with Gasteiger partial charge < -0.3 is 20.1 Å². The van der Waals surface area contributed by atoms with Crippen LogP contribution < -0.4 is 15.4 Å². The number of methoxy groups -OCH3 is 1. The Balaban J connectivity index is 1.24. The average molecular weight is 579 g/mol. The van der Waals surface area contributed by atoms with Gasteiger partial charge in [0.15, 0.2) is 5.78 Å². The first-order chi connectivity index (χ1) is 21.0. The SMILES string of the molecule is COC(=O)[C@H](Cc1ccc(OCCNC(=O)CCCCc2ccccc2)cc1)Nc1ccccc1C(=O)c1ccccc1. The first-order valence-electron chi connectivity index (χ1n) is 14.6. The van der Waals surface area contributed by atoms with Crippen molar-refractivity contribution in [3.8, 4) is 5.75 Å². The van der Waals surface area contributed by atoms with Gasteiger partial charge in [0.1, 0.15) is 18.4 Å². The minimum Gasteiger partial charge on any atom is -0.492 e. The molecule has 7 heteroatoms. The second-order valence-electron chi connectivity index (χ2n) is 10.2. The lowest BCUT2D eigenvalue weighted by Crippen LogP contribution is -2.33. The van der Waals surface area contributed by atoms with Gasteiger partial charge in [-0.1, -0.05) is 84.9 Å². The molecule has 0 aliphatic heterocycles. The molecule has 2 N–H and O–H groups in total. The van der Waals surface area contributed by atoms with Gasteiger partial charge in [-0.3, -0.25) is 9.59 Å². The third-order valence-electron chi connectivity index (χ3n) is 7.04. The number of ether oxygens (including phenoxy) is 2. The number of benzene rings is 4. The Morgan fingerprint density at radius 1 is 0.744 bits per heavy atom. The van der Waals surface area contributed by atoms with Crippen LogP contribution in [0.4, 0.5) is 5.69 Å². The van der Waals surface area contributed by atoms with Crippen LogP contribution in [0.3, 0.4) is 0 Å². The molecule has 4 aromatic rings. The summed E-state index contributed by atoms with van der Waals surface area (Å²) in [5.74, 6) is 0.133.